The largest absolute Gasteiger partial charge is 0.454 e. The van der Waals surface area contributed by atoms with Gasteiger partial charge in [-0.2, -0.15) is 0 Å². The number of aromatic nitrogens is 6. The van der Waals surface area contributed by atoms with Crippen LogP contribution in [0.4, 0.5) is 5.82 Å². The topological polar surface area (TPSA) is 108 Å². The van der Waals surface area contributed by atoms with Crippen LogP contribution in [0.5, 0.6) is 11.5 Å². The number of nitrogens with zero attached hydrogens (tertiary/aromatic N) is 6. The summed E-state index contributed by atoms with van der Waals surface area (Å²) < 4.78 is 12.1. The van der Waals surface area contributed by atoms with Gasteiger partial charge in [0.25, 0.3) is 0 Å². The molecule has 0 amide bonds. The van der Waals surface area contributed by atoms with E-state index in [1.807, 2.05) is 48.5 Å². The summed E-state index contributed by atoms with van der Waals surface area (Å²) in [6.07, 6.45) is 7.71. The van der Waals surface area contributed by atoms with Gasteiger partial charge in [-0.1, -0.05) is 40.9 Å². The quantitative estimate of drug-likeness (QED) is 0.171. The van der Waals surface area contributed by atoms with E-state index in [2.05, 4.69) is 30.2 Å². The van der Waals surface area contributed by atoms with E-state index in [1.54, 1.807) is 30.9 Å². The summed E-state index contributed by atoms with van der Waals surface area (Å²) >= 11 is 21.1. The van der Waals surface area contributed by atoms with Gasteiger partial charge in [0.15, 0.2) is 23.1 Å². The molecular formula is C31H20Cl3N7O2S2. The first kappa shape index (κ1) is 29.6. The van der Waals surface area contributed by atoms with Gasteiger partial charge in [-0.05, 0) is 60.5 Å². The average Bonchev–Trinajstić information content (AvgIpc) is 3.79. The van der Waals surface area contributed by atoms with Crippen molar-refractivity contribution in [1.29, 1.82) is 0 Å². The Bertz CT molecular complexity index is 2130. The van der Waals surface area contributed by atoms with Crippen LogP contribution in [0, 0.1) is 0 Å². The molecule has 0 atom stereocenters. The zero-order chi connectivity index (χ0) is 30.8. The summed E-state index contributed by atoms with van der Waals surface area (Å²) in [5.41, 5.74) is 2.87. The summed E-state index contributed by atoms with van der Waals surface area (Å²) in [4.78, 5) is 27.9. The van der Waals surface area contributed by atoms with E-state index < -0.39 is 0 Å². The number of hydrogen-bond acceptors (Lipinski definition) is 11. The van der Waals surface area contributed by atoms with Crippen molar-refractivity contribution in [3.63, 3.8) is 0 Å². The number of benzene rings is 1. The molecule has 1 aromatic carbocycles. The maximum absolute atomic E-state index is 6.22. The SMILES string of the molecule is Clc1cc2c(Cl)nc(-c3cccnc3)nc2s1.Clc1cc2c(NCCc3ccc4c(c3)OCO4)nc(-c3cccnc3)nc2s1. The molecule has 1 aliphatic heterocycles. The lowest BCUT2D eigenvalue weighted by atomic mass is 10.1. The molecule has 0 saturated carbocycles. The number of ether oxygens (including phenoxy) is 2. The van der Waals surface area contributed by atoms with Crippen LogP contribution in [0.15, 0.2) is 79.4 Å². The van der Waals surface area contributed by atoms with Gasteiger partial charge in [0.1, 0.15) is 20.6 Å². The van der Waals surface area contributed by atoms with E-state index >= 15 is 0 Å². The molecule has 9 nitrogen and oxygen atoms in total. The number of thiophene rings is 2. The standard InChI is InChI=1S/C20H15ClN4O2S.C11H5Cl2N3S/c21-17-9-14-19(23-7-5-12-3-4-15-16(8-12)27-11-26-15)24-18(25-20(14)28-17)13-2-1-6-22-10-13;12-8-4-7-9(13)15-10(16-11(7)17-8)6-2-1-3-14-5-6/h1-4,6,8-10H,5,7,11H2,(H,23,24,25);1-5H. The van der Waals surface area contributed by atoms with Crippen LogP contribution < -0.4 is 14.8 Å². The molecule has 7 heterocycles. The number of anilines is 1. The lowest BCUT2D eigenvalue weighted by Gasteiger charge is -2.09. The molecule has 0 saturated heterocycles. The van der Waals surface area contributed by atoms with Crippen LogP contribution in [0.1, 0.15) is 5.56 Å². The second-order valence-corrected chi connectivity index (χ2v) is 13.3. The number of rotatable bonds is 6. The minimum Gasteiger partial charge on any atom is -0.454 e. The molecule has 0 spiro atoms. The fraction of sp³-hybridized carbons (Fsp3) is 0.0968. The minimum absolute atomic E-state index is 0.284. The molecule has 1 N–H and O–H groups in total. The summed E-state index contributed by atoms with van der Waals surface area (Å²) in [6, 6.07) is 17.2. The van der Waals surface area contributed by atoms with Crippen LogP contribution in [-0.2, 0) is 6.42 Å². The highest BCUT2D eigenvalue weighted by Gasteiger charge is 2.15. The van der Waals surface area contributed by atoms with Gasteiger partial charge < -0.3 is 14.8 Å². The molecule has 7 aromatic rings. The minimum atomic E-state index is 0.284. The lowest BCUT2D eigenvalue weighted by molar-refractivity contribution is 0.174. The van der Waals surface area contributed by atoms with E-state index in [-0.39, 0.29) is 6.79 Å². The van der Waals surface area contributed by atoms with Crippen LogP contribution >= 0.6 is 57.5 Å². The molecule has 0 aliphatic carbocycles. The van der Waals surface area contributed by atoms with E-state index in [0.29, 0.717) is 32.0 Å². The second kappa shape index (κ2) is 13.1. The molecule has 0 radical (unpaired) electrons. The maximum Gasteiger partial charge on any atom is 0.231 e. The third-order valence-electron chi connectivity index (χ3n) is 6.66. The Balaban J connectivity index is 0.000000163. The fourth-order valence-corrected chi connectivity index (χ4v) is 7.01. The zero-order valence-electron chi connectivity index (χ0n) is 23.1. The van der Waals surface area contributed by atoms with E-state index in [0.717, 1.165) is 60.9 Å². The van der Waals surface area contributed by atoms with E-state index in [4.69, 9.17) is 49.3 Å². The Morgan fingerprint density at radius 2 is 1.36 bits per heavy atom. The van der Waals surface area contributed by atoms with Gasteiger partial charge in [0.05, 0.1) is 19.4 Å². The Morgan fingerprint density at radius 1 is 0.711 bits per heavy atom. The molecule has 6 aromatic heterocycles. The molecule has 45 heavy (non-hydrogen) atoms. The molecule has 8 rings (SSSR count). The zero-order valence-corrected chi connectivity index (χ0v) is 27.0. The van der Waals surface area contributed by atoms with E-state index in [9.17, 15) is 0 Å². The first-order valence-electron chi connectivity index (χ1n) is 13.5. The monoisotopic (exact) mass is 691 g/mol. The highest BCUT2D eigenvalue weighted by Crippen LogP contribution is 2.35. The molecule has 1 aliphatic rings. The normalized spacial score (nSPS) is 11.9. The molecule has 224 valence electrons. The van der Waals surface area contributed by atoms with Gasteiger partial charge >= 0.3 is 0 Å². The third-order valence-corrected chi connectivity index (χ3v) is 9.27. The Labute approximate surface area is 279 Å². The Kier molecular flexibility index (Phi) is 8.59. The fourth-order valence-electron chi connectivity index (χ4n) is 4.55. The van der Waals surface area contributed by atoms with Gasteiger partial charge in [-0.3, -0.25) is 9.97 Å². The van der Waals surface area contributed by atoms with Crippen LogP contribution in [0.2, 0.25) is 13.8 Å². The summed E-state index contributed by atoms with van der Waals surface area (Å²) in [7, 11) is 0. The number of pyridine rings is 2. The molecule has 0 bridgehead atoms. The summed E-state index contributed by atoms with van der Waals surface area (Å²) in [6.45, 7) is 0.998. The third kappa shape index (κ3) is 6.63. The second-order valence-electron chi connectivity index (χ2n) is 9.62. The van der Waals surface area contributed by atoms with Crippen molar-refractivity contribution in [3.05, 3.63) is 98.8 Å². The van der Waals surface area contributed by atoms with Gasteiger partial charge in [0, 0.05) is 42.5 Å². The van der Waals surface area contributed by atoms with Crippen molar-refractivity contribution in [2.45, 2.75) is 6.42 Å². The van der Waals surface area contributed by atoms with Gasteiger partial charge in [0.2, 0.25) is 6.79 Å². The van der Waals surface area contributed by atoms with Crippen molar-refractivity contribution < 1.29 is 9.47 Å². The van der Waals surface area contributed by atoms with E-state index in [1.165, 1.54) is 22.7 Å². The van der Waals surface area contributed by atoms with Crippen molar-refractivity contribution in [2.75, 3.05) is 18.7 Å². The molecule has 14 heteroatoms. The summed E-state index contributed by atoms with van der Waals surface area (Å²) in [5, 5.41) is 5.56. The highest BCUT2D eigenvalue weighted by molar-refractivity contribution is 7.22. The molecular weight excluding hydrogens is 673 g/mol. The number of fused-ring (bicyclic) bond motifs is 3. The smallest absolute Gasteiger partial charge is 0.231 e. The Hall–Kier alpha value is -4.13. The van der Waals surface area contributed by atoms with Crippen molar-refractivity contribution >= 4 is 83.7 Å². The van der Waals surface area contributed by atoms with Crippen LogP contribution in [0.3, 0.4) is 0 Å². The van der Waals surface area contributed by atoms with Crippen LogP contribution in [-0.4, -0.2) is 43.2 Å². The van der Waals surface area contributed by atoms with Crippen LogP contribution in [0.25, 0.3) is 43.2 Å². The van der Waals surface area contributed by atoms with Crippen molar-refractivity contribution in [2.24, 2.45) is 0 Å². The maximum atomic E-state index is 6.22. The first-order valence-corrected chi connectivity index (χ1v) is 16.3. The predicted octanol–water partition coefficient (Wildman–Crippen LogP) is 8.85. The molecule has 0 fully saturated rings. The average molecular weight is 693 g/mol. The van der Waals surface area contributed by atoms with Crippen molar-refractivity contribution in [3.8, 4) is 34.3 Å². The van der Waals surface area contributed by atoms with Gasteiger partial charge in [-0.15, -0.1) is 22.7 Å². The number of hydrogen-bond donors (Lipinski definition) is 1. The lowest BCUT2D eigenvalue weighted by Crippen LogP contribution is -2.07. The first-order chi connectivity index (χ1) is 22.0. The summed E-state index contributed by atoms with van der Waals surface area (Å²) in [5.74, 6) is 3.56. The molecule has 0 unspecified atom stereocenters. The Morgan fingerprint density at radius 3 is 2.04 bits per heavy atom. The highest BCUT2D eigenvalue weighted by atomic mass is 35.5. The predicted molar refractivity (Wildman–Crippen MR) is 181 cm³/mol. The van der Waals surface area contributed by atoms with Gasteiger partial charge in [-0.25, -0.2) is 19.9 Å². The number of nitrogens with one attached hydrogen (secondary N) is 1. The van der Waals surface area contributed by atoms with Crippen molar-refractivity contribution in [1.82, 2.24) is 29.9 Å². The number of halogens is 3.